The molecule has 1 aliphatic heterocycles. The van der Waals surface area contributed by atoms with Crippen LogP contribution < -0.4 is 4.90 Å². The number of hydrogen-bond donors (Lipinski definition) is 1. The van der Waals surface area contributed by atoms with E-state index in [9.17, 15) is 9.90 Å². The van der Waals surface area contributed by atoms with Crippen molar-refractivity contribution in [3.8, 4) is 11.3 Å². The monoisotopic (exact) mass is 383 g/mol. The van der Waals surface area contributed by atoms with Crippen molar-refractivity contribution >= 4 is 23.4 Å². The fourth-order valence-electron chi connectivity index (χ4n) is 3.55. The van der Waals surface area contributed by atoms with E-state index < -0.39 is 5.97 Å². The highest BCUT2D eigenvalue weighted by Crippen LogP contribution is 2.35. The fraction of sp³-hybridized carbons (Fsp3) is 0.250. The average molecular weight is 384 g/mol. The molecule has 4 rings (SSSR count). The largest absolute Gasteiger partial charge is 0.477 e. The van der Waals surface area contributed by atoms with Gasteiger partial charge >= 0.3 is 5.97 Å². The standard InChI is InChI=1S/C20H18ClN3O3/c21-16-3-1-15(2-4-16)18-17(20(25)26)19(23-27-18)24-11-7-14(8-12-24)13-5-9-22-10-6-13/h1-6,9-10,14H,7-8,11-12H2,(H,25,26). The number of carbonyl (C=O) groups is 1. The van der Waals surface area contributed by atoms with E-state index in [0.29, 0.717) is 22.3 Å². The zero-order chi connectivity index (χ0) is 18.8. The summed E-state index contributed by atoms with van der Waals surface area (Å²) in [5, 5.41) is 14.4. The van der Waals surface area contributed by atoms with Gasteiger partial charge in [-0.25, -0.2) is 4.79 Å². The molecule has 0 atom stereocenters. The maximum Gasteiger partial charge on any atom is 0.343 e. The van der Waals surface area contributed by atoms with Crippen LogP contribution in [-0.4, -0.2) is 34.3 Å². The van der Waals surface area contributed by atoms with Crippen LogP contribution in [0.15, 0.2) is 53.3 Å². The van der Waals surface area contributed by atoms with Gasteiger partial charge in [0, 0.05) is 36.1 Å². The van der Waals surface area contributed by atoms with Crippen molar-refractivity contribution in [2.24, 2.45) is 0 Å². The van der Waals surface area contributed by atoms with Gasteiger partial charge in [0.25, 0.3) is 0 Å². The third kappa shape index (κ3) is 3.53. The molecule has 138 valence electrons. The molecule has 3 aromatic rings. The number of rotatable bonds is 4. The summed E-state index contributed by atoms with van der Waals surface area (Å²) in [6.45, 7) is 1.44. The number of carboxylic acid groups (broad SMARTS) is 1. The van der Waals surface area contributed by atoms with Gasteiger partial charge in [0.2, 0.25) is 0 Å². The summed E-state index contributed by atoms with van der Waals surface area (Å²) in [4.78, 5) is 18.0. The summed E-state index contributed by atoms with van der Waals surface area (Å²) < 4.78 is 5.42. The Morgan fingerprint density at radius 1 is 1.11 bits per heavy atom. The zero-order valence-electron chi connectivity index (χ0n) is 14.5. The molecule has 1 aliphatic rings. The highest BCUT2D eigenvalue weighted by Gasteiger charge is 2.30. The first-order valence-corrected chi connectivity index (χ1v) is 9.15. The first-order chi connectivity index (χ1) is 13.1. The quantitative estimate of drug-likeness (QED) is 0.715. The number of hydrogen-bond acceptors (Lipinski definition) is 5. The van der Waals surface area contributed by atoms with E-state index in [0.717, 1.165) is 25.9 Å². The van der Waals surface area contributed by atoms with Crippen LogP contribution in [0.2, 0.25) is 5.02 Å². The highest BCUT2D eigenvalue weighted by molar-refractivity contribution is 6.30. The lowest BCUT2D eigenvalue weighted by Gasteiger charge is -2.32. The van der Waals surface area contributed by atoms with Crippen molar-refractivity contribution in [2.45, 2.75) is 18.8 Å². The van der Waals surface area contributed by atoms with Crippen LogP contribution in [-0.2, 0) is 0 Å². The zero-order valence-corrected chi connectivity index (χ0v) is 15.3. The number of nitrogens with zero attached hydrogens (tertiary/aromatic N) is 3. The second-order valence-corrected chi connectivity index (χ2v) is 7.00. The SMILES string of the molecule is O=C(O)c1c(N2CCC(c3ccncc3)CC2)noc1-c1ccc(Cl)cc1. The van der Waals surface area contributed by atoms with Crippen LogP contribution in [0.3, 0.4) is 0 Å². The van der Waals surface area contributed by atoms with Gasteiger partial charge in [0.1, 0.15) is 0 Å². The van der Waals surface area contributed by atoms with Crippen molar-refractivity contribution in [2.75, 3.05) is 18.0 Å². The van der Waals surface area contributed by atoms with Gasteiger partial charge in [-0.2, -0.15) is 0 Å². The molecule has 0 aliphatic carbocycles. The third-order valence-corrected chi connectivity index (χ3v) is 5.22. The number of carboxylic acids is 1. The lowest BCUT2D eigenvalue weighted by atomic mass is 9.90. The third-order valence-electron chi connectivity index (χ3n) is 4.97. The number of pyridine rings is 1. The molecule has 0 bridgehead atoms. The summed E-state index contributed by atoms with van der Waals surface area (Å²) in [5.41, 5.74) is 2.01. The number of aromatic carboxylic acids is 1. The molecule has 7 heteroatoms. The summed E-state index contributed by atoms with van der Waals surface area (Å²) in [6.07, 6.45) is 5.46. The summed E-state index contributed by atoms with van der Waals surface area (Å²) in [6, 6.07) is 10.9. The number of anilines is 1. The molecule has 3 heterocycles. The van der Waals surface area contributed by atoms with Crippen LogP contribution in [0.5, 0.6) is 0 Å². The van der Waals surface area contributed by atoms with Crippen molar-refractivity contribution < 1.29 is 14.4 Å². The van der Waals surface area contributed by atoms with Gasteiger partial charge in [-0.15, -0.1) is 0 Å². The van der Waals surface area contributed by atoms with Crippen LogP contribution in [0, 0.1) is 0 Å². The van der Waals surface area contributed by atoms with Crippen molar-refractivity contribution in [1.29, 1.82) is 0 Å². The average Bonchev–Trinajstić information content (AvgIpc) is 3.15. The Morgan fingerprint density at radius 2 is 1.78 bits per heavy atom. The molecule has 6 nitrogen and oxygen atoms in total. The molecule has 1 N–H and O–H groups in total. The second kappa shape index (κ2) is 7.40. The Labute approximate surface area is 161 Å². The molecule has 0 unspecified atom stereocenters. The van der Waals surface area contributed by atoms with Crippen LogP contribution in [0.25, 0.3) is 11.3 Å². The van der Waals surface area contributed by atoms with E-state index >= 15 is 0 Å². The molecule has 0 spiro atoms. The fourth-order valence-corrected chi connectivity index (χ4v) is 3.67. The van der Waals surface area contributed by atoms with Gasteiger partial charge in [0.15, 0.2) is 17.1 Å². The molecule has 27 heavy (non-hydrogen) atoms. The van der Waals surface area contributed by atoms with E-state index in [-0.39, 0.29) is 11.3 Å². The minimum absolute atomic E-state index is 0.0969. The highest BCUT2D eigenvalue weighted by atomic mass is 35.5. The van der Waals surface area contributed by atoms with Crippen molar-refractivity contribution in [3.05, 3.63) is 64.9 Å². The lowest BCUT2D eigenvalue weighted by Crippen LogP contribution is -2.34. The molecule has 2 aromatic heterocycles. The molecular formula is C20H18ClN3O3. The van der Waals surface area contributed by atoms with Crippen molar-refractivity contribution in [3.63, 3.8) is 0 Å². The van der Waals surface area contributed by atoms with Gasteiger partial charge < -0.3 is 14.5 Å². The minimum atomic E-state index is -1.05. The topological polar surface area (TPSA) is 79.5 Å². The van der Waals surface area contributed by atoms with Crippen LogP contribution in [0.4, 0.5) is 5.82 Å². The molecule has 1 aromatic carbocycles. The summed E-state index contributed by atoms with van der Waals surface area (Å²) in [7, 11) is 0. The first-order valence-electron chi connectivity index (χ1n) is 8.77. The van der Waals surface area contributed by atoms with E-state index in [1.54, 1.807) is 36.7 Å². The van der Waals surface area contributed by atoms with E-state index in [4.69, 9.17) is 16.1 Å². The molecule has 0 radical (unpaired) electrons. The van der Waals surface area contributed by atoms with E-state index in [2.05, 4.69) is 10.1 Å². The number of halogens is 1. The van der Waals surface area contributed by atoms with E-state index in [1.807, 2.05) is 17.0 Å². The lowest BCUT2D eigenvalue weighted by molar-refractivity contribution is 0.0697. The van der Waals surface area contributed by atoms with E-state index in [1.165, 1.54) is 5.56 Å². The first kappa shape index (κ1) is 17.5. The minimum Gasteiger partial charge on any atom is -0.477 e. The molecule has 0 amide bonds. The Morgan fingerprint density at radius 3 is 2.41 bits per heavy atom. The Bertz CT molecular complexity index is 933. The van der Waals surface area contributed by atoms with Gasteiger partial charge in [0.05, 0.1) is 0 Å². The summed E-state index contributed by atoms with van der Waals surface area (Å²) >= 11 is 5.92. The Hall–Kier alpha value is -2.86. The summed E-state index contributed by atoms with van der Waals surface area (Å²) in [5.74, 6) is 0.0404. The van der Waals surface area contributed by atoms with Gasteiger partial charge in [-0.1, -0.05) is 16.8 Å². The number of benzene rings is 1. The second-order valence-electron chi connectivity index (χ2n) is 6.56. The Balaban J connectivity index is 1.58. The van der Waals surface area contributed by atoms with Gasteiger partial charge in [-0.05, 0) is 60.7 Å². The molecular weight excluding hydrogens is 366 g/mol. The molecule has 1 saturated heterocycles. The predicted octanol–water partition coefficient (Wildman–Crippen LogP) is 4.47. The maximum atomic E-state index is 11.9. The van der Waals surface area contributed by atoms with Gasteiger partial charge in [-0.3, -0.25) is 4.98 Å². The van der Waals surface area contributed by atoms with Crippen LogP contribution in [0.1, 0.15) is 34.7 Å². The molecule has 0 saturated carbocycles. The number of aromatic nitrogens is 2. The number of piperidine rings is 1. The Kier molecular flexibility index (Phi) is 4.81. The molecule has 1 fully saturated rings. The van der Waals surface area contributed by atoms with Crippen molar-refractivity contribution in [1.82, 2.24) is 10.1 Å². The smallest absolute Gasteiger partial charge is 0.343 e. The predicted molar refractivity (Wildman–Crippen MR) is 102 cm³/mol. The van der Waals surface area contributed by atoms with Crippen LogP contribution >= 0.6 is 11.6 Å². The maximum absolute atomic E-state index is 11.9. The normalized spacial score (nSPS) is 15.1.